The van der Waals surface area contributed by atoms with E-state index in [2.05, 4.69) is 40.3 Å². The normalized spacial score (nSPS) is 16.0. The van der Waals surface area contributed by atoms with Gasteiger partial charge in [-0.05, 0) is 47.1 Å². The van der Waals surface area contributed by atoms with E-state index < -0.39 is 0 Å². The SMILES string of the molecule is CCNCc1cc(Br)c(OC2CCOCC2)c(OCC)c1. The maximum atomic E-state index is 6.16. The first kappa shape index (κ1) is 16.6. The lowest BCUT2D eigenvalue weighted by Gasteiger charge is -2.25. The molecule has 118 valence electrons. The fraction of sp³-hybridized carbons (Fsp3) is 0.625. The number of nitrogens with one attached hydrogen (secondary N) is 1. The predicted molar refractivity (Wildman–Crippen MR) is 87.2 cm³/mol. The molecule has 1 fully saturated rings. The number of hydrogen-bond acceptors (Lipinski definition) is 4. The van der Waals surface area contributed by atoms with Crippen molar-refractivity contribution >= 4 is 15.9 Å². The van der Waals surface area contributed by atoms with E-state index in [9.17, 15) is 0 Å². The molecular weight excluding hydrogens is 334 g/mol. The zero-order valence-electron chi connectivity index (χ0n) is 12.8. The molecule has 1 N–H and O–H groups in total. The molecule has 0 amide bonds. The van der Waals surface area contributed by atoms with Gasteiger partial charge in [0.25, 0.3) is 0 Å². The van der Waals surface area contributed by atoms with Gasteiger partial charge in [-0.25, -0.2) is 0 Å². The van der Waals surface area contributed by atoms with Crippen LogP contribution in [-0.4, -0.2) is 32.5 Å². The molecule has 0 saturated carbocycles. The van der Waals surface area contributed by atoms with Crippen LogP contribution in [0.2, 0.25) is 0 Å². The van der Waals surface area contributed by atoms with Crippen molar-refractivity contribution in [3.63, 3.8) is 0 Å². The molecule has 1 aromatic rings. The standard InChI is InChI=1S/C16H24BrNO3/c1-3-18-11-12-9-14(17)16(15(10-12)20-4-2)21-13-5-7-19-8-6-13/h9-10,13,18H,3-8,11H2,1-2H3. The molecule has 1 heterocycles. The first-order valence-corrected chi connectivity index (χ1v) is 8.44. The lowest BCUT2D eigenvalue weighted by atomic mass is 10.1. The van der Waals surface area contributed by atoms with E-state index in [4.69, 9.17) is 14.2 Å². The average molecular weight is 358 g/mol. The second-order valence-corrected chi connectivity index (χ2v) is 5.90. The molecule has 0 aromatic heterocycles. The molecule has 1 aliphatic rings. The van der Waals surface area contributed by atoms with Gasteiger partial charge in [0, 0.05) is 19.4 Å². The van der Waals surface area contributed by atoms with Crippen LogP contribution in [0.4, 0.5) is 0 Å². The van der Waals surface area contributed by atoms with Crippen LogP contribution >= 0.6 is 15.9 Å². The van der Waals surface area contributed by atoms with Crippen LogP contribution in [0.15, 0.2) is 16.6 Å². The molecule has 1 aliphatic heterocycles. The summed E-state index contributed by atoms with van der Waals surface area (Å²) in [4.78, 5) is 0. The summed E-state index contributed by atoms with van der Waals surface area (Å²) in [5.41, 5.74) is 1.19. The molecule has 2 rings (SSSR count). The number of rotatable bonds is 7. The average Bonchev–Trinajstić information content (AvgIpc) is 2.50. The van der Waals surface area contributed by atoms with Crippen molar-refractivity contribution in [2.24, 2.45) is 0 Å². The molecule has 0 unspecified atom stereocenters. The van der Waals surface area contributed by atoms with E-state index in [1.807, 2.05) is 6.92 Å². The minimum absolute atomic E-state index is 0.203. The predicted octanol–water partition coefficient (Wildman–Crippen LogP) is 3.52. The van der Waals surface area contributed by atoms with Crippen LogP contribution in [0.5, 0.6) is 11.5 Å². The Morgan fingerprint density at radius 2 is 2.05 bits per heavy atom. The maximum absolute atomic E-state index is 6.16. The molecule has 0 spiro atoms. The van der Waals surface area contributed by atoms with Crippen molar-refractivity contribution in [2.75, 3.05) is 26.4 Å². The van der Waals surface area contributed by atoms with Crippen molar-refractivity contribution in [2.45, 2.75) is 39.3 Å². The number of benzene rings is 1. The van der Waals surface area contributed by atoms with E-state index in [1.165, 1.54) is 5.56 Å². The smallest absolute Gasteiger partial charge is 0.175 e. The quantitative estimate of drug-likeness (QED) is 0.810. The molecule has 0 bridgehead atoms. The van der Waals surface area contributed by atoms with Gasteiger partial charge in [-0.15, -0.1) is 0 Å². The lowest BCUT2D eigenvalue weighted by molar-refractivity contribution is 0.0240. The summed E-state index contributed by atoms with van der Waals surface area (Å²) in [5, 5.41) is 3.33. The van der Waals surface area contributed by atoms with Gasteiger partial charge in [0.2, 0.25) is 0 Å². The van der Waals surface area contributed by atoms with Crippen molar-refractivity contribution < 1.29 is 14.2 Å². The Labute approximate surface area is 135 Å². The van der Waals surface area contributed by atoms with Gasteiger partial charge in [0.05, 0.1) is 24.3 Å². The molecule has 0 atom stereocenters. The van der Waals surface area contributed by atoms with E-state index in [-0.39, 0.29) is 6.10 Å². The molecule has 0 radical (unpaired) electrons. The van der Waals surface area contributed by atoms with Crippen LogP contribution in [0.3, 0.4) is 0 Å². The molecule has 1 saturated heterocycles. The van der Waals surface area contributed by atoms with E-state index >= 15 is 0 Å². The fourth-order valence-electron chi connectivity index (χ4n) is 2.33. The minimum atomic E-state index is 0.203. The van der Waals surface area contributed by atoms with Gasteiger partial charge in [-0.3, -0.25) is 0 Å². The Balaban J connectivity index is 2.16. The molecule has 0 aliphatic carbocycles. The van der Waals surface area contributed by atoms with Crippen LogP contribution in [-0.2, 0) is 11.3 Å². The third-order valence-corrected chi connectivity index (χ3v) is 3.99. The zero-order chi connectivity index (χ0) is 15.1. The number of hydrogen-bond donors (Lipinski definition) is 1. The lowest BCUT2D eigenvalue weighted by Crippen LogP contribution is -2.26. The van der Waals surface area contributed by atoms with Gasteiger partial charge in [0.1, 0.15) is 6.10 Å². The Kier molecular flexibility index (Phi) is 6.80. The minimum Gasteiger partial charge on any atom is -0.490 e. The highest BCUT2D eigenvalue weighted by molar-refractivity contribution is 9.10. The largest absolute Gasteiger partial charge is 0.490 e. The number of ether oxygens (including phenoxy) is 3. The van der Waals surface area contributed by atoms with Crippen molar-refractivity contribution in [3.05, 3.63) is 22.2 Å². The van der Waals surface area contributed by atoms with E-state index in [0.717, 1.165) is 55.1 Å². The Hall–Kier alpha value is -0.780. The third kappa shape index (κ3) is 4.87. The summed E-state index contributed by atoms with van der Waals surface area (Å²) in [6.07, 6.45) is 2.06. The maximum Gasteiger partial charge on any atom is 0.175 e. The Morgan fingerprint density at radius 3 is 2.71 bits per heavy atom. The van der Waals surface area contributed by atoms with Gasteiger partial charge in [0.15, 0.2) is 11.5 Å². The Morgan fingerprint density at radius 1 is 1.29 bits per heavy atom. The number of halogens is 1. The van der Waals surface area contributed by atoms with Crippen LogP contribution < -0.4 is 14.8 Å². The second kappa shape index (κ2) is 8.61. The summed E-state index contributed by atoms with van der Waals surface area (Å²) in [7, 11) is 0. The zero-order valence-corrected chi connectivity index (χ0v) is 14.4. The fourth-order valence-corrected chi connectivity index (χ4v) is 2.91. The van der Waals surface area contributed by atoms with Crippen molar-refractivity contribution in [3.8, 4) is 11.5 Å². The summed E-state index contributed by atoms with van der Waals surface area (Å²) < 4.78 is 18.3. The van der Waals surface area contributed by atoms with Crippen molar-refractivity contribution in [1.82, 2.24) is 5.32 Å². The molecular formula is C16H24BrNO3. The Bertz CT molecular complexity index is 447. The highest BCUT2D eigenvalue weighted by Crippen LogP contribution is 2.38. The summed E-state index contributed by atoms with van der Waals surface area (Å²) in [6.45, 7) is 8.02. The van der Waals surface area contributed by atoms with Gasteiger partial charge >= 0.3 is 0 Å². The molecule has 21 heavy (non-hydrogen) atoms. The summed E-state index contributed by atoms with van der Waals surface area (Å²) in [6, 6.07) is 4.16. The second-order valence-electron chi connectivity index (χ2n) is 5.05. The summed E-state index contributed by atoms with van der Waals surface area (Å²) >= 11 is 3.62. The van der Waals surface area contributed by atoms with E-state index in [1.54, 1.807) is 0 Å². The third-order valence-electron chi connectivity index (χ3n) is 3.40. The molecule has 5 heteroatoms. The van der Waals surface area contributed by atoms with Gasteiger partial charge < -0.3 is 19.5 Å². The van der Waals surface area contributed by atoms with Crippen molar-refractivity contribution in [1.29, 1.82) is 0 Å². The highest BCUT2D eigenvalue weighted by Gasteiger charge is 2.20. The van der Waals surface area contributed by atoms with Crippen LogP contribution in [0.25, 0.3) is 0 Å². The highest BCUT2D eigenvalue weighted by atomic mass is 79.9. The first-order chi connectivity index (χ1) is 10.2. The monoisotopic (exact) mass is 357 g/mol. The van der Waals surface area contributed by atoms with Gasteiger partial charge in [-0.2, -0.15) is 0 Å². The van der Waals surface area contributed by atoms with Crippen LogP contribution in [0.1, 0.15) is 32.3 Å². The first-order valence-electron chi connectivity index (χ1n) is 7.65. The molecule has 4 nitrogen and oxygen atoms in total. The van der Waals surface area contributed by atoms with E-state index in [0.29, 0.717) is 6.61 Å². The topological polar surface area (TPSA) is 39.7 Å². The molecule has 1 aromatic carbocycles. The summed E-state index contributed by atoms with van der Waals surface area (Å²) in [5.74, 6) is 1.62. The van der Waals surface area contributed by atoms with Crippen LogP contribution in [0, 0.1) is 0 Å². The van der Waals surface area contributed by atoms with Gasteiger partial charge in [-0.1, -0.05) is 6.92 Å².